The summed E-state index contributed by atoms with van der Waals surface area (Å²) in [6.07, 6.45) is 0.426. The number of hydrogen-bond acceptors (Lipinski definition) is 12. The largest absolute Gasteiger partial charge is 1.00 e. The molecule has 1 saturated heterocycles. The van der Waals surface area contributed by atoms with Crippen LogP contribution < -0.4 is 45.3 Å². The van der Waals surface area contributed by atoms with Crippen LogP contribution in [0.2, 0.25) is 0 Å². The van der Waals surface area contributed by atoms with Crippen molar-refractivity contribution in [3.63, 3.8) is 0 Å². The number of fused-ring (bicyclic) bond motifs is 1. The van der Waals surface area contributed by atoms with Gasteiger partial charge in [-0.2, -0.15) is 0 Å². The first-order chi connectivity index (χ1) is 15.3. The Morgan fingerprint density at radius 2 is 2.15 bits per heavy atom. The molecule has 1 aromatic heterocycles. The fourth-order valence-corrected chi connectivity index (χ4v) is 4.96. The van der Waals surface area contributed by atoms with Crippen molar-refractivity contribution in [3.8, 4) is 0 Å². The van der Waals surface area contributed by atoms with E-state index in [0.717, 1.165) is 16.2 Å². The molecule has 3 amide bonds. The van der Waals surface area contributed by atoms with Crippen LogP contribution >= 0.6 is 23.1 Å². The summed E-state index contributed by atoms with van der Waals surface area (Å²) < 4.78 is 4.85. The maximum absolute atomic E-state index is 12.8. The van der Waals surface area contributed by atoms with E-state index in [-0.39, 0.29) is 69.7 Å². The number of thiazole rings is 1. The summed E-state index contributed by atoms with van der Waals surface area (Å²) in [4.78, 5) is 68.4. The van der Waals surface area contributed by atoms with Crippen LogP contribution in [0.1, 0.15) is 12.6 Å². The fourth-order valence-electron chi connectivity index (χ4n) is 2.98. The molecule has 2 aliphatic rings. The zero-order valence-corrected chi connectivity index (χ0v) is 21.3. The Balaban J connectivity index is 0.00000385. The van der Waals surface area contributed by atoms with Crippen LogP contribution in [-0.4, -0.2) is 76.6 Å². The molecule has 2 aliphatic heterocycles. The number of rotatable bonds is 9. The number of nitrogens with zero attached hydrogens (tertiary/aromatic N) is 3. The summed E-state index contributed by atoms with van der Waals surface area (Å²) in [6, 6.07) is -1.04. The van der Waals surface area contributed by atoms with E-state index >= 15 is 0 Å². The average molecular weight is 505 g/mol. The van der Waals surface area contributed by atoms with Crippen LogP contribution in [0.3, 0.4) is 0 Å². The minimum atomic E-state index is -1.59. The number of ether oxygens (including phenoxy) is 1. The molecule has 0 saturated carbocycles. The van der Waals surface area contributed by atoms with Gasteiger partial charge in [0.15, 0.2) is 10.8 Å². The van der Waals surface area contributed by atoms with Gasteiger partial charge in [-0.05, 0) is 0 Å². The van der Waals surface area contributed by atoms with Gasteiger partial charge in [-0.3, -0.25) is 24.1 Å². The molecule has 170 valence electrons. The van der Waals surface area contributed by atoms with Crippen molar-refractivity contribution in [2.75, 3.05) is 24.8 Å². The maximum Gasteiger partial charge on any atom is 1.00 e. The normalized spacial score (nSPS) is 19.5. The molecule has 2 N–H and O–H groups in total. The quantitative estimate of drug-likeness (QED) is 0.0824. The van der Waals surface area contributed by atoms with E-state index in [1.54, 1.807) is 0 Å². The summed E-state index contributed by atoms with van der Waals surface area (Å²) in [5.41, 5.74) is -0.280. The number of aliphatic carboxylic acids is 1. The second-order valence-electron chi connectivity index (χ2n) is 6.30. The molecule has 0 bridgehead atoms. The number of nitrogens with one attached hydrogen (secondary N) is 2. The molecule has 0 aliphatic carbocycles. The van der Waals surface area contributed by atoms with Crippen LogP contribution in [-0.2, 0) is 33.5 Å². The van der Waals surface area contributed by atoms with Crippen molar-refractivity contribution in [2.24, 2.45) is 5.16 Å². The van der Waals surface area contributed by atoms with Crippen molar-refractivity contribution in [1.82, 2.24) is 15.2 Å². The van der Waals surface area contributed by atoms with Gasteiger partial charge in [0.25, 0.3) is 11.8 Å². The number of hydrogen-bond donors (Lipinski definition) is 2. The molecule has 1 fully saturated rings. The molecule has 16 heteroatoms. The zero-order valence-electron chi connectivity index (χ0n) is 17.6. The molecular weight excluding hydrogens is 489 g/mol. The predicted octanol–water partition coefficient (Wildman–Crippen LogP) is -4.97. The van der Waals surface area contributed by atoms with Crippen molar-refractivity contribution >= 4 is 64.1 Å². The number of carboxylic acids is 1. The number of anilines is 1. The SMILES string of the molecule is CO/N=C(/C(=O)NC1C(=O)N2C(C(=O)[O-])=C(COC(C)=O)CSC12)c1csc(NC=O)n1.[Na+]. The number of β-lactam (4-membered cyclic amide) rings is 1. The van der Waals surface area contributed by atoms with Crippen molar-refractivity contribution in [2.45, 2.75) is 18.3 Å². The Labute approximate surface area is 217 Å². The standard InChI is InChI=1S/C17H17N5O8S2.Na/c1-7(24)30-3-8-4-31-15-11(14(26)22(15)12(8)16(27)28)20-13(25)10(21-29-2)9-5-32-17(19-9)18-6-23;/h5-6,11,15H,3-4H2,1-2H3,(H,20,25)(H,27,28)(H,18,19,23);/q;+1/p-1/b21-10+;. The summed E-state index contributed by atoms with van der Waals surface area (Å²) in [5.74, 6) is -3.48. The Hall–Kier alpha value is -2.46. The fraction of sp³-hybridized carbons (Fsp3) is 0.353. The van der Waals surface area contributed by atoms with Crippen LogP contribution in [0.15, 0.2) is 21.8 Å². The number of carbonyl (C=O) groups is 5. The van der Waals surface area contributed by atoms with Gasteiger partial charge >= 0.3 is 35.5 Å². The van der Waals surface area contributed by atoms with Gasteiger partial charge in [0.1, 0.15) is 30.8 Å². The topological polar surface area (TPSA) is 179 Å². The van der Waals surface area contributed by atoms with Gasteiger partial charge < -0.3 is 30.1 Å². The molecule has 33 heavy (non-hydrogen) atoms. The van der Waals surface area contributed by atoms with E-state index in [9.17, 15) is 29.1 Å². The second-order valence-corrected chi connectivity index (χ2v) is 8.27. The van der Waals surface area contributed by atoms with Crippen LogP contribution in [0.5, 0.6) is 0 Å². The minimum absolute atomic E-state index is 0. The molecule has 3 rings (SSSR count). The first-order valence-corrected chi connectivity index (χ1v) is 10.8. The third kappa shape index (κ3) is 5.73. The first-order valence-electron chi connectivity index (χ1n) is 8.88. The third-order valence-electron chi connectivity index (χ3n) is 4.30. The van der Waals surface area contributed by atoms with Crippen LogP contribution in [0.4, 0.5) is 5.13 Å². The molecule has 0 aromatic carbocycles. The molecule has 1 aromatic rings. The summed E-state index contributed by atoms with van der Waals surface area (Å²) in [6.45, 7) is 0.892. The molecule has 0 spiro atoms. The van der Waals surface area contributed by atoms with Crippen LogP contribution in [0.25, 0.3) is 0 Å². The van der Waals surface area contributed by atoms with Gasteiger partial charge in [0.2, 0.25) is 6.41 Å². The molecule has 13 nitrogen and oxygen atoms in total. The van der Waals surface area contributed by atoms with E-state index in [1.165, 1.54) is 31.2 Å². The monoisotopic (exact) mass is 505 g/mol. The third-order valence-corrected chi connectivity index (χ3v) is 6.42. The summed E-state index contributed by atoms with van der Waals surface area (Å²) in [5, 5.41) is 21.1. The van der Waals surface area contributed by atoms with E-state index in [0.29, 0.717) is 6.41 Å². The molecule has 3 heterocycles. The average Bonchev–Trinajstić information content (AvgIpc) is 3.21. The van der Waals surface area contributed by atoms with Gasteiger partial charge in [-0.1, -0.05) is 5.16 Å². The number of carboxylic acid groups (broad SMARTS) is 1. The zero-order chi connectivity index (χ0) is 23.4. The van der Waals surface area contributed by atoms with Gasteiger partial charge in [-0.25, -0.2) is 4.98 Å². The Morgan fingerprint density at radius 1 is 1.42 bits per heavy atom. The molecule has 2 atom stereocenters. The van der Waals surface area contributed by atoms with E-state index < -0.39 is 35.2 Å². The van der Waals surface area contributed by atoms with E-state index in [2.05, 4.69) is 20.8 Å². The van der Waals surface area contributed by atoms with Gasteiger partial charge in [0, 0.05) is 23.6 Å². The van der Waals surface area contributed by atoms with Gasteiger partial charge in [0.05, 0.1) is 11.7 Å². The number of amides is 3. The Kier molecular flexibility index (Phi) is 9.42. The first kappa shape index (κ1) is 26.8. The summed E-state index contributed by atoms with van der Waals surface area (Å²) >= 11 is 2.25. The number of aromatic nitrogens is 1. The van der Waals surface area contributed by atoms with Gasteiger partial charge in [-0.15, -0.1) is 23.1 Å². The van der Waals surface area contributed by atoms with Crippen molar-refractivity contribution in [3.05, 3.63) is 22.3 Å². The van der Waals surface area contributed by atoms with E-state index in [1.807, 2.05) is 0 Å². The molecular formula is C17H16N5NaO8S2. The van der Waals surface area contributed by atoms with Crippen LogP contribution in [0, 0.1) is 0 Å². The van der Waals surface area contributed by atoms with Crippen molar-refractivity contribution < 1.29 is 68.2 Å². The maximum atomic E-state index is 12.8. The number of esters is 1. The smallest absolute Gasteiger partial charge is 0.543 e. The summed E-state index contributed by atoms with van der Waals surface area (Å²) in [7, 11) is 1.22. The van der Waals surface area contributed by atoms with Crippen molar-refractivity contribution in [1.29, 1.82) is 0 Å². The number of carbonyl (C=O) groups excluding carboxylic acids is 5. The second kappa shape index (κ2) is 11.6. The molecule has 2 unspecified atom stereocenters. The number of oxime groups is 1. The predicted molar refractivity (Wildman–Crippen MR) is 109 cm³/mol. The molecule has 0 radical (unpaired) electrons. The Bertz CT molecular complexity index is 1040. The number of thioether (sulfide) groups is 1. The van der Waals surface area contributed by atoms with E-state index in [4.69, 9.17) is 9.57 Å². The Morgan fingerprint density at radius 3 is 2.76 bits per heavy atom. The minimum Gasteiger partial charge on any atom is -0.543 e.